The number of pyridine rings is 1. The van der Waals surface area contributed by atoms with Crippen LogP contribution in [-0.2, 0) is 6.54 Å². The van der Waals surface area contributed by atoms with Crippen molar-refractivity contribution in [2.75, 3.05) is 13.7 Å². The topological polar surface area (TPSA) is 52.0 Å². The maximum absolute atomic E-state index is 5.27. The van der Waals surface area contributed by atoms with E-state index in [-0.39, 0.29) is 0 Å². The van der Waals surface area contributed by atoms with E-state index in [0.717, 1.165) is 35.7 Å². The number of nitrogens with one attached hydrogen (secondary N) is 1. The molecule has 0 saturated heterocycles. The highest BCUT2D eigenvalue weighted by atomic mass is 16.5. The summed E-state index contributed by atoms with van der Waals surface area (Å²) in [5, 5.41) is 8.44. The summed E-state index contributed by atoms with van der Waals surface area (Å²) < 4.78 is 7.43. The summed E-state index contributed by atoms with van der Waals surface area (Å²) in [7, 11) is 1.68. The third-order valence-corrected chi connectivity index (χ3v) is 4.49. The molecule has 0 bridgehead atoms. The van der Waals surface area contributed by atoms with Gasteiger partial charge >= 0.3 is 0 Å². The van der Waals surface area contributed by atoms with Crippen LogP contribution in [-0.4, -0.2) is 28.4 Å². The van der Waals surface area contributed by atoms with Gasteiger partial charge in [-0.25, -0.2) is 0 Å². The lowest BCUT2D eigenvalue weighted by Gasteiger charge is -2.22. The Morgan fingerprint density at radius 3 is 2.54 bits per heavy atom. The lowest BCUT2D eigenvalue weighted by atomic mass is 9.99. The summed E-state index contributed by atoms with van der Waals surface area (Å²) in [6, 6.07) is 12.5. The van der Waals surface area contributed by atoms with E-state index in [9.17, 15) is 0 Å². The molecule has 5 heteroatoms. The van der Waals surface area contributed by atoms with E-state index in [0.29, 0.717) is 6.04 Å². The molecule has 5 nitrogen and oxygen atoms in total. The molecule has 3 heterocycles. The number of benzene rings is 1. The van der Waals surface area contributed by atoms with E-state index in [1.807, 2.05) is 36.7 Å². The molecule has 1 unspecified atom stereocenters. The summed E-state index contributed by atoms with van der Waals surface area (Å²) >= 11 is 0. The van der Waals surface area contributed by atoms with Crippen LogP contribution in [0, 0.1) is 0 Å². The van der Waals surface area contributed by atoms with Gasteiger partial charge in [-0.15, -0.1) is 0 Å². The van der Waals surface area contributed by atoms with Gasteiger partial charge in [-0.2, -0.15) is 5.10 Å². The minimum absolute atomic E-state index is 0.335. The Morgan fingerprint density at radius 1 is 1.08 bits per heavy atom. The molecule has 24 heavy (non-hydrogen) atoms. The number of fused-ring (bicyclic) bond motifs is 1. The van der Waals surface area contributed by atoms with Gasteiger partial charge in [-0.1, -0.05) is 0 Å². The highest BCUT2D eigenvalue weighted by Gasteiger charge is 2.25. The van der Waals surface area contributed by atoms with Crippen molar-refractivity contribution >= 4 is 0 Å². The fourth-order valence-corrected chi connectivity index (χ4v) is 3.26. The standard InChI is InChI=1S/C19H20N4O/c1-13-11-21-12-17-18(14-7-9-20-10-8-14)19(22-23(13)17)15-3-5-16(24-2)6-4-15/h3-10,13,21H,11-12H2,1-2H3. The highest BCUT2D eigenvalue weighted by Crippen LogP contribution is 2.37. The average Bonchev–Trinajstić information content (AvgIpc) is 3.03. The molecule has 1 atom stereocenters. The van der Waals surface area contributed by atoms with E-state index in [2.05, 4.69) is 34.0 Å². The van der Waals surface area contributed by atoms with Crippen LogP contribution in [0.4, 0.5) is 0 Å². The summed E-state index contributed by atoms with van der Waals surface area (Å²) in [6.07, 6.45) is 3.66. The van der Waals surface area contributed by atoms with E-state index >= 15 is 0 Å². The molecule has 1 aliphatic rings. The minimum Gasteiger partial charge on any atom is -0.497 e. The van der Waals surface area contributed by atoms with E-state index in [1.165, 1.54) is 11.3 Å². The van der Waals surface area contributed by atoms with Crippen molar-refractivity contribution in [2.45, 2.75) is 19.5 Å². The van der Waals surface area contributed by atoms with E-state index < -0.39 is 0 Å². The smallest absolute Gasteiger partial charge is 0.118 e. The van der Waals surface area contributed by atoms with Crippen LogP contribution in [0.1, 0.15) is 18.7 Å². The molecule has 0 saturated carbocycles. The summed E-state index contributed by atoms with van der Waals surface area (Å²) in [4.78, 5) is 4.15. The number of ether oxygens (including phenoxy) is 1. The van der Waals surface area contributed by atoms with Gasteiger partial charge in [0.25, 0.3) is 0 Å². The first-order chi connectivity index (χ1) is 11.8. The second-order valence-electron chi connectivity index (χ2n) is 6.06. The number of hydrogen-bond acceptors (Lipinski definition) is 4. The predicted molar refractivity (Wildman–Crippen MR) is 93.9 cm³/mol. The van der Waals surface area contributed by atoms with Crippen molar-refractivity contribution in [3.63, 3.8) is 0 Å². The number of methoxy groups -OCH3 is 1. The number of hydrogen-bond donors (Lipinski definition) is 1. The summed E-state index contributed by atoms with van der Waals surface area (Å²) in [5.74, 6) is 0.850. The molecule has 3 aromatic rings. The van der Waals surface area contributed by atoms with Crippen molar-refractivity contribution < 1.29 is 4.74 Å². The van der Waals surface area contributed by atoms with Gasteiger partial charge in [0, 0.05) is 36.6 Å². The van der Waals surface area contributed by atoms with Crippen LogP contribution in [0.2, 0.25) is 0 Å². The molecule has 0 amide bonds. The van der Waals surface area contributed by atoms with Crippen LogP contribution in [0.3, 0.4) is 0 Å². The van der Waals surface area contributed by atoms with E-state index in [4.69, 9.17) is 9.84 Å². The Labute approximate surface area is 141 Å². The van der Waals surface area contributed by atoms with Crippen LogP contribution >= 0.6 is 0 Å². The molecule has 2 aromatic heterocycles. The van der Waals surface area contributed by atoms with Gasteiger partial charge in [0.1, 0.15) is 11.4 Å². The average molecular weight is 320 g/mol. The molecule has 0 fully saturated rings. The zero-order valence-electron chi connectivity index (χ0n) is 13.9. The second-order valence-corrected chi connectivity index (χ2v) is 6.06. The number of rotatable bonds is 3. The largest absolute Gasteiger partial charge is 0.497 e. The van der Waals surface area contributed by atoms with Crippen LogP contribution in [0.5, 0.6) is 5.75 Å². The predicted octanol–water partition coefficient (Wildman–Crippen LogP) is 3.28. The van der Waals surface area contributed by atoms with Gasteiger partial charge in [0.2, 0.25) is 0 Å². The molecule has 0 spiro atoms. The van der Waals surface area contributed by atoms with Crippen LogP contribution in [0.25, 0.3) is 22.4 Å². The Balaban J connectivity index is 1.92. The highest BCUT2D eigenvalue weighted by molar-refractivity contribution is 5.83. The third-order valence-electron chi connectivity index (χ3n) is 4.49. The Bertz CT molecular complexity index is 840. The molecule has 4 rings (SSSR count). The summed E-state index contributed by atoms with van der Waals surface area (Å²) in [6.45, 7) is 3.95. The molecule has 1 aromatic carbocycles. The Morgan fingerprint density at radius 2 is 1.83 bits per heavy atom. The van der Waals surface area contributed by atoms with Crippen LogP contribution < -0.4 is 10.1 Å². The zero-order valence-corrected chi connectivity index (χ0v) is 13.9. The van der Waals surface area contributed by atoms with E-state index in [1.54, 1.807) is 7.11 Å². The Kier molecular flexibility index (Phi) is 3.78. The first-order valence-corrected chi connectivity index (χ1v) is 8.15. The molecule has 122 valence electrons. The fraction of sp³-hybridized carbons (Fsp3) is 0.263. The maximum Gasteiger partial charge on any atom is 0.118 e. The molecular weight excluding hydrogens is 300 g/mol. The lowest BCUT2D eigenvalue weighted by molar-refractivity contribution is 0.393. The van der Waals surface area contributed by atoms with Gasteiger partial charge in [0.05, 0.1) is 18.8 Å². The summed E-state index contributed by atoms with van der Waals surface area (Å²) in [5.41, 5.74) is 5.66. The van der Waals surface area contributed by atoms with Crippen molar-refractivity contribution in [3.8, 4) is 28.1 Å². The van der Waals surface area contributed by atoms with Crippen LogP contribution in [0.15, 0.2) is 48.8 Å². The van der Waals surface area contributed by atoms with Gasteiger partial charge in [0.15, 0.2) is 0 Å². The second kappa shape index (κ2) is 6.09. The van der Waals surface area contributed by atoms with Crippen molar-refractivity contribution in [1.82, 2.24) is 20.1 Å². The quantitative estimate of drug-likeness (QED) is 0.804. The third kappa shape index (κ3) is 2.47. The van der Waals surface area contributed by atoms with Crippen molar-refractivity contribution in [2.24, 2.45) is 0 Å². The maximum atomic E-state index is 5.27. The van der Waals surface area contributed by atoms with Crippen molar-refractivity contribution in [1.29, 1.82) is 0 Å². The van der Waals surface area contributed by atoms with Gasteiger partial charge in [-0.05, 0) is 48.9 Å². The van der Waals surface area contributed by atoms with Gasteiger partial charge < -0.3 is 10.1 Å². The number of nitrogens with zero attached hydrogens (tertiary/aromatic N) is 3. The molecule has 0 radical (unpaired) electrons. The molecule has 0 aliphatic carbocycles. The number of aromatic nitrogens is 3. The fourth-order valence-electron chi connectivity index (χ4n) is 3.26. The molecular formula is C19H20N4O. The van der Waals surface area contributed by atoms with Gasteiger partial charge in [-0.3, -0.25) is 9.67 Å². The first kappa shape index (κ1) is 14.9. The van der Waals surface area contributed by atoms with Crippen molar-refractivity contribution in [3.05, 3.63) is 54.5 Å². The SMILES string of the molecule is COc1ccc(-c2nn3c(c2-c2ccncc2)CNCC3C)cc1. The lowest BCUT2D eigenvalue weighted by Crippen LogP contribution is -2.32. The molecule has 1 aliphatic heterocycles. The monoisotopic (exact) mass is 320 g/mol. The first-order valence-electron chi connectivity index (χ1n) is 8.15. The Hall–Kier alpha value is -2.66. The zero-order chi connectivity index (χ0) is 16.5. The minimum atomic E-state index is 0.335. The molecule has 1 N–H and O–H groups in total. The normalized spacial score (nSPS) is 16.7.